The normalized spacial score (nSPS) is 13.8. The summed E-state index contributed by atoms with van der Waals surface area (Å²) in [7, 11) is 0. The summed E-state index contributed by atoms with van der Waals surface area (Å²) in [6, 6.07) is 7.78. The Labute approximate surface area is 249 Å². The van der Waals surface area contributed by atoms with Gasteiger partial charge in [0.15, 0.2) is 0 Å². The molecular formula is C29H41N5O7S. The highest BCUT2D eigenvalue weighted by Gasteiger charge is 2.30. The van der Waals surface area contributed by atoms with E-state index in [9.17, 15) is 34.5 Å². The van der Waals surface area contributed by atoms with Gasteiger partial charge in [0.2, 0.25) is 17.7 Å². The molecule has 0 saturated heterocycles. The Hall–Kier alpha value is -3.81. The van der Waals surface area contributed by atoms with Gasteiger partial charge in [-0.2, -0.15) is 11.8 Å². The number of carbonyl (C=O) groups is 4. The van der Waals surface area contributed by atoms with Gasteiger partial charge in [0.1, 0.15) is 29.6 Å². The number of carbonyl (C=O) groups excluding carboxylic acids is 3. The number of carboxylic acid groups (broad SMARTS) is 1. The molecule has 2 aromatic rings. The molecule has 0 spiro atoms. The summed E-state index contributed by atoms with van der Waals surface area (Å²) in [4.78, 5) is 51.5. The molecule has 0 heterocycles. The Morgan fingerprint density at radius 1 is 0.738 bits per heavy atom. The molecule has 12 nitrogen and oxygen atoms in total. The van der Waals surface area contributed by atoms with Gasteiger partial charge >= 0.3 is 5.97 Å². The highest BCUT2D eigenvalue weighted by atomic mass is 32.2. The lowest BCUT2D eigenvalue weighted by atomic mass is 10.0. The molecule has 230 valence electrons. The topological polar surface area (TPSA) is 217 Å². The van der Waals surface area contributed by atoms with Gasteiger partial charge in [0.05, 0.1) is 6.04 Å². The molecule has 42 heavy (non-hydrogen) atoms. The van der Waals surface area contributed by atoms with Gasteiger partial charge in [0.25, 0.3) is 0 Å². The van der Waals surface area contributed by atoms with Gasteiger partial charge in [-0.1, -0.05) is 30.7 Å². The quantitative estimate of drug-likeness (QED) is 0.111. The van der Waals surface area contributed by atoms with Crippen LogP contribution in [0.3, 0.4) is 0 Å². The number of hydrogen-bond donors (Lipinski definition) is 8. The van der Waals surface area contributed by atoms with E-state index in [2.05, 4.69) is 16.0 Å². The number of nitrogens with two attached hydrogens (primary N) is 2. The first kappa shape index (κ1) is 34.4. The van der Waals surface area contributed by atoms with Crippen molar-refractivity contribution in [3.8, 4) is 11.5 Å². The van der Waals surface area contributed by atoms with Crippen LogP contribution in [0.25, 0.3) is 0 Å². The zero-order valence-electron chi connectivity index (χ0n) is 23.6. The fourth-order valence-electron chi connectivity index (χ4n) is 4.11. The van der Waals surface area contributed by atoms with Crippen LogP contribution in [-0.4, -0.2) is 81.7 Å². The third-order valence-electron chi connectivity index (χ3n) is 6.55. The lowest BCUT2D eigenvalue weighted by Crippen LogP contribution is -2.58. The van der Waals surface area contributed by atoms with Gasteiger partial charge < -0.3 is 42.7 Å². The SMILES string of the molecule is CSCCC(NC(=O)C(Cc1ccc(O)cc1)NC(=O)C(N)CCCCN)C(=O)NC(Cc1ccc(O)cc1)C(=O)O. The lowest BCUT2D eigenvalue weighted by Gasteiger charge is -2.25. The highest BCUT2D eigenvalue weighted by molar-refractivity contribution is 7.98. The van der Waals surface area contributed by atoms with Gasteiger partial charge in [-0.25, -0.2) is 4.79 Å². The minimum Gasteiger partial charge on any atom is -0.508 e. The van der Waals surface area contributed by atoms with Crippen LogP contribution in [0.2, 0.25) is 0 Å². The molecule has 2 rings (SSSR count). The molecule has 10 N–H and O–H groups in total. The fraction of sp³-hybridized carbons (Fsp3) is 0.448. The van der Waals surface area contributed by atoms with E-state index >= 15 is 0 Å². The van der Waals surface area contributed by atoms with E-state index in [0.29, 0.717) is 42.7 Å². The lowest BCUT2D eigenvalue weighted by molar-refractivity contribution is -0.142. The number of carboxylic acids is 1. The largest absolute Gasteiger partial charge is 0.508 e. The van der Waals surface area contributed by atoms with Gasteiger partial charge in [-0.15, -0.1) is 0 Å². The first-order valence-electron chi connectivity index (χ1n) is 13.7. The Bertz CT molecular complexity index is 1160. The standard InChI is InChI=1S/C29H41N5O7S/c1-42-15-13-23(27(38)34-25(29(40)41)17-19-7-11-21(36)12-8-19)32-28(39)24(16-18-5-9-20(35)10-6-18)33-26(37)22(31)4-2-3-14-30/h5-12,22-25,35-36H,2-4,13-17,30-31H2,1H3,(H,32,39)(H,33,37)(H,34,38)(H,40,41). The maximum Gasteiger partial charge on any atom is 0.326 e. The Kier molecular flexibility index (Phi) is 14.6. The molecule has 4 atom stereocenters. The Balaban J connectivity index is 2.20. The molecule has 0 aliphatic heterocycles. The minimum atomic E-state index is -1.28. The summed E-state index contributed by atoms with van der Waals surface area (Å²) in [5.41, 5.74) is 12.8. The smallest absolute Gasteiger partial charge is 0.326 e. The molecule has 0 fully saturated rings. The maximum absolute atomic E-state index is 13.5. The molecule has 0 aromatic heterocycles. The molecule has 2 aromatic carbocycles. The average molecular weight is 604 g/mol. The average Bonchev–Trinajstić information content (AvgIpc) is 2.96. The van der Waals surface area contributed by atoms with Crippen molar-refractivity contribution in [1.29, 1.82) is 0 Å². The van der Waals surface area contributed by atoms with Gasteiger partial charge in [0, 0.05) is 12.8 Å². The Morgan fingerprint density at radius 3 is 1.71 bits per heavy atom. The zero-order valence-corrected chi connectivity index (χ0v) is 24.4. The number of phenols is 2. The number of aliphatic carboxylic acids is 1. The minimum absolute atomic E-state index is 0.0277. The molecule has 0 radical (unpaired) electrons. The molecule has 0 aliphatic carbocycles. The second-order valence-electron chi connectivity index (χ2n) is 9.94. The van der Waals surface area contributed by atoms with Crippen LogP contribution in [0.1, 0.15) is 36.8 Å². The third-order valence-corrected chi connectivity index (χ3v) is 7.19. The van der Waals surface area contributed by atoms with Crippen LogP contribution in [0.4, 0.5) is 0 Å². The fourth-order valence-corrected chi connectivity index (χ4v) is 4.58. The molecular weight excluding hydrogens is 562 g/mol. The number of phenolic OH excluding ortho intramolecular Hbond substituents is 2. The molecule has 3 amide bonds. The van der Waals surface area contributed by atoms with E-state index in [-0.39, 0.29) is 30.8 Å². The predicted molar refractivity (Wildman–Crippen MR) is 161 cm³/mol. The van der Waals surface area contributed by atoms with Crippen LogP contribution in [0, 0.1) is 0 Å². The van der Waals surface area contributed by atoms with Crippen molar-refractivity contribution in [1.82, 2.24) is 16.0 Å². The molecule has 4 unspecified atom stereocenters. The number of unbranched alkanes of at least 4 members (excludes halogenated alkanes) is 1. The monoisotopic (exact) mass is 603 g/mol. The van der Waals surface area contributed by atoms with E-state index in [4.69, 9.17) is 11.5 Å². The van der Waals surface area contributed by atoms with Crippen LogP contribution in [0.15, 0.2) is 48.5 Å². The van der Waals surface area contributed by atoms with Crippen LogP contribution in [0.5, 0.6) is 11.5 Å². The second kappa shape index (κ2) is 17.9. The first-order chi connectivity index (χ1) is 20.0. The van der Waals surface area contributed by atoms with Crippen molar-refractivity contribution >= 4 is 35.5 Å². The van der Waals surface area contributed by atoms with E-state index in [0.717, 1.165) is 0 Å². The van der Waals surface area contributed by atoms with Crippen LogP contribution >= 0.6 is 11.8 Å². The number of thioether (sulfide) groups is 1. The Morgan fingerprint density at radius 2 is 1.21 bits per heavy atom. The van der Waals surface area contributed by atoms with Crippen molar-refractivity contribution in [2.45, 2.75) is 62.7 Å². The van der Waals surface area contributed by atoms with Crippen LogP contribution < -0.4 is 27.4 Å². The van der Waals surface area contributed by atoms with E-state index in [1.54, 1.807) is 24.3 Å². The van der Waals surface area contributed by atoms with Crippen LogP contribution in [-0.2, 0) is 32.0 Å². The number of benzene rings is 2. The summed E-state index contributed by atoms with van der Waals surface area (Å²) in [5.74, 6) is -2.55. The van der Waals surface area contributed by atoms with Crippen molar-refractivity contribution in [2.75, 3.05) is 18.6 Å². The van der Waals surface area contributed by atoms with Gasteiger partial charge in [-0.05, 0) is 73.2 Å². The molecule has 0 saturated carbocycles. The zero-order chi connectivity index (χ0) is 31.1. The summed E-state index contributed by atoms with van der Waals surface area (Å²) in [6.45, 7) is 0.470. The van der Waals surface area contributed by atoms with Crippen molar-refractivity contribution < 1.29 is 34.5 Å². The van der Waals surface area contributed by atoms with Crippen molar-refractivity contribution in [3.63, 3.8) is 0 Å². The third kappa shape index (κ3) is 12.0. The van der Waals surface area contributed by atoms with Crippen molar-refractivity contribution in [3.05, 3.63) is 59.7 Å². The molecule has 0 aliphatic rings. The number of nitrogens with one attached hydrogen (secondary N) is 3. The maximum atomic E-state index is 13.5. The van der Waals surface area contributed by atoms with E-state index < -0.39 is 47.9 Å². The first-order valence-corrected chi connectivity index (χ1v) is 15.1. The second-order valence-corrected chi connectivity index (χ2v) is 10.9. The highest BCUT2D eigenvalue weighted by Crippen LogP contribution is 2.14. The van der Waals surface area contributed by atoms with E-state index in [1.807, 2.05) is 6.26 Å². The number of aromatic hydroxyl groups is 2. The summed E-state index contributed by atoms with van der Waals surface area (Å²) in [5, 5.41) is 36.7. The van der Waals surface area contributed by atoms with E-state index in [1.165, 1.54) is 36.0 Å². The number of rotatable bonds is 18. The summed E-state index contributed by atoms with van der Waals surface area (Å²) < 4.78 is 0. The number of hydrogen-bond acceptors (Lipinski definition) is 9. The molecule has 13 heteroatoms. The van der Waals surface area contributed by atoms with Gasteiger partial charge in [-0.3, -0.25) is 14.4 Å². The summed E-state index contributed by atoms with van der Waals surface area (Å²) >= 11 is 1.45. The number of amides is 3. The predicted octanol–water partition coefficient (Wildman–Crippen LogP) is 0.631. The van der Waals surface area contributed by atoms with Crippen molar-refractivity contribution in [2.24, 2.45) is 11.5 Å². The summed E-state index contributed by atoms with van der Waals surface area (Å²) in [6.07, 6.45) is 3.80. The molecule has 0 bridgehead atoms.